The van der Waals surface area contributed by atoms with Crippen LogP contribution in [0, 0.1) is 6.92 Å². The Labute approximate surface area is 186 Å². The number of halogens is 1. The number of methoxy groups -OCH3 is 1. The highest BCUT2D eigenvalue weighted by Gasteiger charge is 2.15. The van der Waals surface area contributed by atoms with Crippen molar-refractivity contribution < 1.29 is 17.9 Å². The number of carbonyl (C=O) groups is 1. The smallest absolute Gasteiger partial charge is 0.261 e. The lowest BCUT2D eigenvalue weighted by Crippen LogP contribution is -2.14. The number of sulfonamides is 1. The van der Waals surface area contributed by atoms with Gasteiger partial charge in [0, 0.05) is 16.8 Å². The molecule has 0 fully saturated rings. The van der Waals surface area contributed by atoms with Gasteiger partial charge in [0.25, 0.3) is 10.0 Å². The number of benzene rings is 3. The van der Waals surface area contributed by atoms with Crippen molar-refractivity contribution in [2.24, 2.45) is 0 Å². The SMILES string of the molecule is COc1ccc(/C=C/C(=O)Nc2ccc(S(=O)(=O)Nc3cc(Cl)ccc3C)cc2)cc1. The lowest BCUT2D eigenvalue weighted by Gasteiger charge is -2.11. The molecule has 0 saturated heterocycles. The van der Waals surface area contributed by atoms with Crippen molar-refractivity contribution in [3.63, 3.8) is 0 Å². The molecule has 1 amide bonds. The van der Waals surface area contributed by atoms with Crippen molar-refractivity contribution in [3.8, 4) is 5.75 Å². The van der Waals surface area contributed by atoms with Gasteiger partial charge in [-0.15, -0.1) is 0 Å². The van der Waals surface area contributed by atoms with E-state index in [1.807, 2.05) is 12.1 Å². The van der Waals surface area contributed by atoms with Gasteiger partial charge < -0.3 is 10.1 Å². The summed E-state index contributed by atoms with van der Waals surface area (Å²) in [5.74, 6) is 0.399. The molecule has 160 valence electrons. The van der Waals surface area contributed by atoms with E-state index in [1.165, 1.54) is 30.3 Å². The van der Waals surface area contributed by atoms with Gasteiger partial charge >= 0.3 is 0 Å². The minimum absolute atomic E-state index is 0.0682. The van der Waals surface area contributed by atoms with Gasteiger partial charge in [0.05, 0.1) is 17.7 Å². The summed E-state index contributed by atoms with van der Waals surface area (Å²) in [6.45, 7) is 1.78. The molecule has 0 aliphatic carbocycles. The normalized spacial score (nSPS) is 11.3. The molecule has 0 aromatic heterocycles. The Morgan fingerprint density at radius 3 is 2.32 bits per heavy atom. The van der Waals surface area contributed by atoms with E-state index in [0.29, 0.717) is 16.4 Å². The fourth-order valence-electron chi connectivity index (χ4n) is 2.70. The molecule has 0 heterocycles. The zero-order chi connectivity index (χ0) is 22.4. The fourth-order valence-corrected chi connectivity index (χ4v) is 3.99. The van der Waals surface area contributed by atoms with Crippen LogP contribution >= 0.6 is 11.6 Å². The molecule has 3 aromatic rings. The quantitative estimate of drug-likeness (QED) is 0.484. The van der Waals surface area contributed by atoms with E-state index in [9.17, 15) is 13.2 Å². The summed E-state index contributed by atoms with van der Waals surface area (Å²) in [7, 11) is -2.21. The predicted molar refractivity (Wildman–Crippen MR) is 124 cm³/mol. The lowest BCUT2D eigenvalue weighted by molar-refractivity contribution is -0.111. The van der Waals surface area contributed by atoms with E-state index >= 15 is 0 Å². The number of hydrogen-bond acceptors (Lipinski definition) is 4. The van der Waals surface area contributed by atoms with E-state index in [2.05, 4.69) is 10.0 Å². The highest BCUT2D eigenvalue weighted by Crippen LogP contribution is 2.24. The van der Waals surface area contributed by atoms with Gasteiger partial charge in [-0.05, 0) is 72.7 Å². The molecule has 0 aliphatic rings. The predicted octanol–water partition coefficient (Wildman–Crippen LogP) is 5.11. The largest absolute Gasteiger partial charge is 0.497 e. The Balaban J connectivity index is 1.65. The van der Waals surface area contributed by atoms with Gasteiger partial charge in [-0.1, -0.05) is 29.8 Å². The molecule has 8 heteroatoms. The number of amides is 1. The summed E-state index contributed by atoms with van der Waals surface area (Å²) in [5.41, 5.74) is 2.48. The van der Waals surface area contributed by atoms with Crippen LogP contribution in [0.25, 0.3) is 6.08 Å². The van der Waals surface area contributed by atoms with Crippen LogP contribution < -0.4 is 14.8 Å². The average molecular weight is 457 g/mol. The van der Waals surface area contributed by atoms with Crippen LogP contribution in [0.2, 0.25) is 5.02 Å². The third-order valence-electron chi connectivity index (χ3n) is 4.42. The Hall–Kier alpha value is -3.29. The fraction of sp³-hybridized carbons (Fsp3) is 0.0870. The minimum atomic E-state index is -3.80. The van der Waals surface area contributed by atoms with Crippen molar-refractivity contribution in [1.82, 2.24) is 0 Å². The van der Waals surface area contributed by atoms with Crippen LogP contribution in [0.15, 0.2) is 77.7 Å². The summed E-state index contributed by atoms with van der Waals surface area (Å²) in [4.78, 5) is 12.2. The third-order valence-corrected chi connectivity index (χ3v) is 6.04. The molecule has 0 unspecified atom stereocenters. The van der Waals surface area contributed by atoms with Crippen molar-refractivity contribution >= 4 is 45.0 Å². The summed E-state index contributed by atoms with van der Waals surface area (Å²) in [6, 6.07) is 18.1. The topological polar surface area (TPSA) is 84.5 Å². The van der Waals surface area contributed by atoms with Gasteiger partial charge in [0.1, 0.15) is 5.75 Å². The number of hydrogen-bond donors (Lipinski definition) is 2. The summed E-state index contributed by atoms with van der Waals surface area (Å²) in [6.07, 6.45) is 3.07. The Morgan fingerprint density at radius 2 is 1.68 bits per heavy atom. The third kappa shape index (κ3) is 6.10. The molecule has 6 nitrogen and oxygen atoms in total. The molecule has 31 heavy (non-hydrogen) atoms. The number of anilines is 2. The van der Waals surface area contributed by atoms with Crippen LogP contribution in [0.3, 0.4) is 0 Å². The van der Waals surface area contributed by atoms with Crippen molar-refractivity contribution in [3.05, 3.63) is 89.0 Å². The second-order valence-corrected chi connectivity index (χ2v) is 8.80. The molecule has 3 aromatic carbocycles. The Kier molecular flexibility index (Phi) is 6.99. The molecular formula is C23H21ClN2O4S. The Bertz CT molecular complexity index is 1210. The van der Waals surface area contributed by atoms with Gasteiger partial charge in [-0.3, -0.25) is 9.52 Å². The molecule has 0 spiro atoms. The molecule has 2 N–H and O–H groups in total. The average Bonchev–Trinajstić information content (AvgIpc) is 2.75. The van der Waals surface area contributed by atoms with Crippen LogP contribution in [0.5, 0.6) is 5.75 Å². The molecule has 0 saturated carbocycles. The van der Waals surface area contributed by atoms with Gasteiger partial charge in [-0.25, -0.2) is 8.42 Å². The maximum atomic E-state index is 12.6. The first-order valence-electron chi connectivity index (χ1n) is 9.29. The van der Waals surface area contributed by atoms with Crippen LogP contribution in [-0.2, 0) is 14.8 Å². The maximum absolute atomic E-state index is 12.6. The van der Waals surface area contributed by atoms with Crippen molar-refractivity contribution in [2.45, 2.75) is 11.8 Å². The van der Waals surface area contributed by atoms with E-state index < -0.39 is 10.0 Å². The number of carbonyl (C=O) groups excluding carboxylic acids is 1. The summed E-state index contributed by atoms with van der Waals surface area (Å²) >= 11 is 5.95. The molecule has 0 atom stereocenters. The second-order valence-electron chi connectivity index (χ2n) is 6.68. The lowest BCUT2D eigenvalue weighted by atomic mass is 10.2. The first kappa shape index (κ1) is 22.4. The zero-order valence-electron chi connectivity index (χ0n) is 16.9. The number of ether oxygens (including phenoxy) is 1. The monoisotopic (exact) mass is 456 g/mol. The standard InChI is InChI=1S/C23H21ClN2O4S/c1-16-3-7-18(24)15-22(16)26-31(28,29)21-12-8-19(9-13-21)25-23(27)14-6-17-4-10-20(30-2)11-5-17/h3-15,26H,1-2H3,(H,25,27)/b14-6+. The van der Waals surface area contributed by atoms with E-state index in [4.69, 9.17) is 16.3 Å². The van der Waals surface area contributed by atoms with Crippen molar-refractivity contribution in [1.29, 1.82) is 0 Å². The van der Waals surface area contributed by atoms with Gasteiger partial charge in [0.15, 0.2) is 0 Å². The number of rotatable bonds is 7. The maximum Gasteiger partial charge on any atom is 0.261 e. The molecule has 0 bridgehead atoms. The number of nitrogens with one attached hydrogen (secondary N) is 2. The Morgan fingerprint density at radius 1 is 1.00 bits per heavy atom. The second kappa shape index (κ2) is 9.68. The van der Waals surface area contributed by atoms with Gasteiger partial charge in [-0.2, -0.15) is 0 Å². The summed E-state index contributed by atoms with van der Waals surface area (Å²) < 4.78 is 32.9. The molecule has 0 aliphatic heterocycles. The molecule has 0 radical (unpaired) electrons. The van der Waals surface area contributed by atoms with E-state index in [-0.39, 0.29) is 10.8 Å². The highest BCUT2D eigenvalue weighted by molar-refractivity contribution is 7.92. The van der Waals surface area contributed by atoms with E-state index in [0.717, 1.165) is 16.9 Å². The minimum Gasteiger partial charge on any atom is -0.497 e. The molecular weight excluding hydrogens is 436 g/mol. The zero-order valence-corrected chi connectivity index (χ0v) is 18.5. The summed E-state index contributed by atoms with van der Waals surface area (Å²) in [5, 5.41) is 3.13. The van der Waals surface area contributed by atoms with Crippen LogP contribution in [0.1, 0.15) is 11.1 Å². The first-order chi connectivity index (χ1) is 14.8. The highest BCUT2D eigenvalue weighted by atomic mass is 35.5. The van der Waals surface area contributed by atoms with Crippen molar-refractivity contribution in [2.75, 3.05) is 17.1 Å². The first-order valence-corrected chi connectivity index (χ1v) is 11.1. The number of aryl methyl sites for hydroxylation is 1. The van der Waals surface area contributed by atoms with E-state index in [1.54, 1.807) is 50.4 Å². The molecule has 3 rings (SSSR count). The van der Waals surface area contributed by atoms with Crippen LogP contribution in [0.4, 0.5) is 11.4 Å². The van der Waals surface area contributed by atoms with Gasteiger partial charge in [0.2, 0.25) is 5.91 Å². The van der Waals surface area contributed by atoms with Crippen LogP contribution in [-0.4, -0.2) is 21.4 Å².